The highest BCUT2D eigenvalue weighted by atomic mass is 16.5. The number of ether oxygens (including phenoxy) is 2. The number of anilines is 1. The van der Waals surface area contributed by atoms with Crippen LogP contribution >= 0.6 is 0 Å². The maximum atomic E-state index is 12.0. The minimum atomic E-state index is -0.745. The van der Waals surface area contributed by atoms with Gasteiger partial charge in [0.2, 0.25) is 5.91 Å². The molecule has 3 N–H and O–H groups in total. The second-order valence-corrected chi connectivity index (χ2v) is 5.26. The van der Waals surface area contributed by atoms with E-state index in [2.05, 4.69) is 5.32 Å². The number of hydrogen-bond donors (Lipinski definition) is 2. The Morgan fingerprint density at radius 1 is 1.45 bits per heavy atom. The van der Waals surface area contributed by atoms with Gasteiger partial charge in [-0.25, -0.2) is 0 Å². The first kappa shape index (κ1) is 14.7. The molecule has 1 amide bonds. The summed E-state index contributed by atoms with van der Waals surface area (Å²) in [5.74, 6) is 0.413. The Bertz CT molecular complexity index is 478. The van der Waals surface area contributed by atoms with E-state index < -0.39 is 5.54 Å². The summed E-state index contributed by atoms with van der Waals surface area (Å²) in [5.41, 5.74) is 5.74. The van der Waals surface area contributed by atoms with Crippen molar-refractivity contribution in [2.45, 2.75) is 37.3 Å². The van der Waals surface area contributed by atoms with Crippen LogP contribution in [-0.4, -0.2) is 31.8 Å². The zero-order valence-electron chi connectivity index (χ0n) is 12.0. The van der Waals surface area contributed by atoms with E-state index in [-0.39, 0.29) is 12.0 Å². The van der Waals surface area contributed by atoms with E-state index in [4.69, 9.17) is 15.2 Å². The monoisotopic (exact) mass is 278 g/mol. The first-order valence-corrected chi connectivity index (χ1v) is 6.84. The van der Waals surface area contributed by atoms with Crippen LogP contribution in [0.4, 0.5) is 5.69 Å². The molecule has 0 radical (unpaired) electrons. The van der Waals surface area contributed by atoms with Gasteiger partial charge in [0.1, 0.15) is 11.3 Å². The van der Waals surface area contributed by atoms with Crippen molar-refractivity contribution in [3.8, 4) is 5.75 Å². The van der Waals surface area contributed by atoms with Crippen molar-refractivity contribution in [2.75, 3.05) is 19.5 Å². The molecule has 1 aromatic rings. The van der Waals surface area contributed by atoms with Crippen molar-refractivity contribution in [1.29, 1.82) is 0 Å². The summed E-state index contributed by atoms with van der Waals surface area (Å²) in [5, 5.41) is 3.30. The first-order valence-electron chi connectivity index (χ1n) is 6.84. The van der Waals surface area contributed by atoms with Gasteiger partial charge in [0.05, 0.1) is 13.2 Å². The molecule has 1 aliphatic carbocycles. The van der Waals surface area contributed by atoms with Gasteiger partial charge in [-0.05, 0) is 31.4 Å². The Labute approximate surface area is 119 Å². The van der Waals surface area contributed by atoms with Gasteiger partial charge in [-0.15, -0.1) is 0 Å². The van der Waals surface area contributed by atoms with E-state index in [1.54, 1.807) is 14.2 Å². The van der Waals surface area contributed by atoms with Crippen molar-refractivity contribution in [1.82, 2.24) is 0 Å². The number of hydrogen-bond acceptors (Lipinski definition) is 4. The van der Waals surface area contributed by atoms with Crippen molar-refractivity contribution in [3.63, 3.8) is 0 Å². The number of primary amides is 1. The molecule has 20 heavy (non-hydrogen) atoms. The summed E-state index contributed by atoms with van der Waals surface area (Å²) >= 11 is 0. The smallest absolute Gasteiger partial charge is 0.243 e. The fourth-order valence-electron chi connectivity index (χ4n) is 2.80. The molecule has 1 aromatic carbocycles. The normalized spacial score (nSPS) is 26.0. The third kappa shape index (κ3) is 3.04. The number of amides is 1. The van der Waals surface area contributed by atoms with Crippen LogP contribution in [0.25, 0.3) is 0 Å². The highest BCUT2D eigenvalue weighted by molar-refractivity contribution is 5.88. The Morgan fingerprint density at radius 2 is 2.25 bits per heavy atom. The van der Waals surface area contributed by atoms with E-state index in [1.807, 2.05) is 24.3 Å². The number of methoxy groups -OCH3 is 2. The van der Waals surface area contributed by atoms with Gasteiger partial charge in [0.15, 0.2) is 0 Å². The predicted molar refractivity (Wildman–Crippen MR) is 77.8 cm³/mol. The van der Waals surface area contributed by atoms with E-state index in [1.165, 1.54) is 0 Å². The van der Waals surface area contributed by atoms with E-state index in [0.717, 1.165) is 30.7 Å². The maximum Gasteiger partial charge on any atom is 0.243 e. The lowest BCUT2D eigenvalue weighted by molar-refractivity contribution is -0.125. The molecule has 1 saturated carbocycles. The molecular weight excluding hydrogens is 256 g/mol. The number of rotatable bonds is 5. The summed E-state index contributed by atoms with van der Waals surface area (Å²) in [7, 11) is 3.29. The molecule has 110 valence electrons. The SMILES string of the molecule is COc1cccc(NC2(C(N)=O)CCCC(OC)C2)c1. The van der Waals surface area contributed by atoms with Crippen molar-refractivity contribution in [2.24, 2.45) is 5.73 Å². The molecule has 0 aromatic heterocycles. The average Bonchev–Trinajstić information content (AvgIpc) is 2.47. The minimum Gasteiger partial charge on any atom is -0.497 e. The largest absolute Gasteiger partial charge is 0.497 e. The Morgan fingerprint density at radius 3 is 2.90 bits per heavy atom. The second-order valence-electron chi connectivity index (χ2n) is 5.26. The van der Waals surface area contributed by atoms with Crippen molar-refractivity contribution in [3.05, 3.63) is 24.3 Å². The lowest BCUT2D eigenvalue weighted by atomic mass is 9.79. The van der Waals surface area contributed by atoms with E-state index in [0.29, 0.717) is 6.42 Å². The summed E-state index contributed by atoms with van der Waals surface area (Å²) in [4.78, 5) is 12.0. The number of nitrogens with two attached hydrogens (primary N) is 1. The standard InChI is InChI=1S/C15H22N2O3/c1-19-12-6-3-5-11(9-12)17-15(14(16)18)8-4-7-13(10-15)20-2/h3,5-6,9,13,17H,4,7-8,10H2,1-2H3,(H2,16,18). The molecule has 2 atom stereocenters. The molecule has 1 fully saturated rings. The fourth-order valence-corrected chi connectivity index (χ4v) is 2.80. The van der Waals surface area contributed by atoms with Crippen LogP contribution in [0, 0.1) is 0 Å². The minimum absolute atomic E-state index is 0.0642. The Kier molecular flexibility index (Phi) is 4.49. The number of carbonyl (C=O) groups excluding carboxylic acids is 1. The average molecular weight is 278 g/mol. The topological polar surface area (TPSA) is 73.6 Å². The lowest BCUT2D eigenvalue weighted by Gasteiger charge is -2.39. The molecule has 0 saturated heterocycles. The van der Waals surface area contributed by atoms with Crippen molar-refractivity contribution >= 4 is 11.6 Å². The predicted octanol–water partition coefficient (Wildman–Crippen LogP) is 1.92. The molecule has 5 heteroatoms. The van der Waals surface area contributed by atoms with Gasteiger partial charge in [-0.2, -0.15) is 0 Å². The molecule has 2 rings (SSSR count). The second kappa shape index (κ2) is 6.13. The summed E-state index contributed by atoms with van der Waals surface area (Å²) in [6.45, 7) is 0. The van der Waals surface area contributed by atoms with Gasteiger partial charge < -0.3 is 20.5 Å². The van der Waals surface area contributed by atoms with Crippen LogP contribution in [0.3, 0.4) is 0 Å². The van der Waals surface area contributed by atoms with Crippen LogP contribution in [0.1, 0.15) is 25.7 Å². The third-order valence-corrected chi connectivity index (χ3v) is 3.96. The van der Waals surface area contributed by atoms with Gasteiger partial charge in [0.25, 0.3) is 0 Å². The lowest BCUT2D eigenvalue weighted by Crippen LogP contribution is -2.54. The highest BCUT2D eigenvalue weighted by Crippen LogP contribution is 2.33. The van der Waals surface area contributed by atoms with Crippen LogP contribution in [-0.2, 0) is 9.53 Å². The first-order chi connectivity index (χ1) is 9.59. The maximum absolute atomic E-state index is 12.0. The van der Waals surface area contributed by atoms with Gasteiger partial charge in [0, 0.05) is 25.3 Å². The highest BCUT2D eigenvalue weighted by Gasteiger charge is 2.41. The molecule has 2 unspecified atom stereocenters. The molecule has 0 aliphatic heterocycles. The number of benzene rings is 1. The van der Waals surface area contributed by atoms with Gasteiger partial charge in [-0.3, -0.25) is 4.79 Å². The molecule has 1 aliphatic rings. The number of nitrogens with one attached hydrogen (secondary N) is 1. The van der Waals surface area contributed by atoms with Crippen LogP contribution in [0.15, 0.2) is 24.3 Å². The van der Waals surface area contributed by atoms with Crippen LogP contribution in [0.2, 0.25) is 0 Å². The van der Waals surface area contributed by atoms with Crippen LogP contribution < -0.4 is 15.8 Å². The molecule has 0 bridgehead atoms. The molecule has 0 heterocycles. The summed E-state index contributed by atoms with van der Waals surface area (Å²) < 4.78 is 10.6. The molecule has 0 spiro atoms. The molecule has 5 nitrogen and oxygen atoms in total. The fraction of sp³-hybridized carbons (Fsp3) is 0.533. The van der Waals surface area contributed by atoms with E-state index in [9.17, 15) is 4.79 Å². The van der Waals surface area contributed by atoms with Gasteiger partial charge in [-0.1, -0.05) is 6.07 Å². The number of carbonyl (C=O) groups is 1. The zero-order valence-corrected chi connectivity index (χ0v) is 12.0. The summed E-state index contributed by atoms with van der Waals surface area (Å²) in [6.07, 6.45) is 3.26. The zero-order chi connectivity index (χ0) is 14.6. The van der Waals surface area contributed by atoms with Gasteiger partial charge >= 0.3 is 0 Å². The van der Waals surface area contributed by atoms with Crippen molar-refractivity contribution < 1.29 is 14.3 Å². The van der Waals surface area contributed by atoms with E-state index >= 15 is 0 Å². The Balaban J connectivity index is 2.22. The quantitative estimate of drug-likeness (QED) is 0.863. The summed E-state index contributed by atoms with van der Waals surface area (Å²) in [6, 6.07) is 7.51. The molecular formula is C15H22N2O3. The Hall–Kier alpha value is -1.75. The third-order valence-electron chi connectivity index (χ3n) is 3.96. The van der Waals surface area contributed by atoms with Crippen LogP contribution in [0.5, 0.6) is 5.75 Å².